The number of aromatic nitrogens is 5. The Kier molecular flexibility index (Phi) is 3.47. The molecule has 3 aromatic rings. The summed E-state index contributed by atoms with van der Waals surface area (Å²) < 4.78 is 0. The van der Waals surface area contributed by atoms with Crippen LogP contribution in [0.4, 0.5) is 0 Å². The van der Waals surface area contributed by atoms with Gasteiger partial charge in [0.2, 0.25) is 0 Å². The molecule has 22 heavy (non-hydrogen) atoms. The molecule has 0 radical (unpaired) electrons. The molecule has 2 N–H and O–H groups in total. The maximum atomic E-state index is 11.1. The number of hydrogen-bond acceptors (Lipinski definition) is 6. The van der Waals surface area contributed by atoms with Crippen LogP contribution in [0.15, 0.2) is 23.1 Å². The smallest absolute Gasteiger partial charge is 0.297 e. The lowest BCUT2D eigenvalue weighted by Crippen LogP contribution is -2.32. The monoisotopic (exact) mass is 316 g/mol. The van der Waals surface area contributed by atoms with Gasteiger partial charge in [0, 0.05) is 12.1 Å². The molecule has 0 bridgehead atoms. The molecule has 0 spiro atoms. The van der Waals surface area contributed by atoms with Gasteiger partial charge in [-0.2, -0.15) is 5.10 Å². The Labute approximate surface area is 130 Å². The van der Waals surface area contributed by atoms with Crippen molar-refractivity contribution in [1.29, 1.82) is 0 Å². The van der Waals surface area contributed by atoms with Crippen LogP contribution in [0.25, 0.3) is 10.3 Å². The van der Waals surface area contributed by atoms with E-state index >= 15 is 0 Å². The molecule has 0 saturated carbocycles. The largest absolute Gasteiger partial charge is 0.340 e. The average molecular weight is 316 g/mol. The van der Waals surface area contributed by atoms with Crippen LogP contribution in [0, 0.1) is 0 Å². The topological polar surface area (TPSA) is 90.6 Å². The number of piperidine rings is 1. The van der Waals surface area contributed by atoms with Crippen LogP contribution >= 0.6 is 11.3 Å². The Bertz CT molecular complexity index is 796. The molecule has 1 aliphatic rings. The van der Waals surface area contributed by atoms with E-state index in [1.807, 2.05) is 12.1 Å². The number of nitrogens with one attached hydrogen (secondary N) is 2. The highest BCUT2D eigenvalue weighted by atomic mass is 32.1. The van der Waals surface area contributed by atoms with Crippen LogP contribution in [0.1, 0.15) is 29.6 Å². The molecule has 1 fully saturated rings. The number of nitrogens with zero attached hydrogens (tertiary/aromatic N) is 4. The van der Waals surface area contributed by atoms with Gasteiger partial charge in [-0.15, -0.1) is 0 Å². The van der Waals surface area contributed by atoms with Crippen molar-refractivity contribution in [3.8, 4) is 0 Å². The summed E-state index contributed by atoms with van der Waals surface area (Å²) in [6.45, 7) is 2.84. The molecule has 4 heterocycles. The average Bonchev–Trinajstić information content (AvgIpc) is 3.13. The maximum Gasteiger partial charge on any atom is 0.340 e. The van der Waals surface area contributed by atoms with E-state index in [1.54, 1.807) is 17.5 Å². The van der Waals surface area contributed by atoms with Crippen molar-refractivity contribution in [1.82, 2.24) is 30.0 Å². The van der Waals surface area contributed by atoms with E-state index in [9.17, 15) is 4.79 Å². The second kappa shape index (κ2) is 5.62. The van der Waals surface area contributed by atoms with Gasteiger partial charge < -0.3 is 0 Å². The molecule has 8 heteroatoms. The van der Waals surface area contributed by atoms with Crippen molar-refractivity contribution >= 4 is 21.7 Å². The Balaban J connectivity index is 1.40. The number of thiazole rings is 1. The first-order valence-electron chi connectivity index (χ1n) is 7.35. The minimum Gasteiger partial charge on any atom is -0.297 e. The molecule has 7 nitrogen and oxygen atoms in total. The summed E-state index contributed by atoms with van der Waals surface area (Å²) in [5.41, 5.74) is 0.755. The zero-order valence-corrected chi connectivity index (χ0v) is 12.8. The fraction of sp³-hybridized carbons (Fsp3) is 0.429. The third-order valence-electron chi connectivity index (χ3n) is 4.06. The third kappa shape index (κ3) is 2.67. The lowest BCUT2D eigenvalue weighted by molar-refractivity contribution is 0.201. The second-order valence-electron chi connectivity index (χ2n) is 5.55. The minimum absolute atomic E-state index is 0.223. The number of likely N-dealkylation sites (tertiary alicyclic amines) is 1. The van der Waals surface area contributed by atoms with E-state index in [-0.39, 0.29) is 5.69 Å². The van der Waals surface area contributed by atoms with Gasteiger partial charge in [0.25, 0.3) is 0 Å². The van der Waals surface area contributed by atoms with Crippen LogP contribution in [0.2, 0.25) is 0 Å². The van der Waals surface area contributed by atoms with Crippen molar-refractivity contribution in [2.75, 3.05) is 13.1 Å². The Morgan fingerprint density at radius 3 is 2.95 bits per heavy atom. The minimum atomic E-state index is -0.223. The van der Waals surface area contributed by atoms with E-state index in [0.717, 1.165) is 53.7 Å². The van der Waals surface area contributed by atoms with Gasteiger partial charge >= 0.3 is 5.69 Å². The number of H-pyrrole nitrogens is 2. The number of pyridine rings is 1. The molecule has 4 rings (SSSR count). The van der Waals surface area contributed by atoms with E-state index in [1.165, 1.54) is 0 Å². The van der Waals surface area contributed by atoms with Gasteiger partial charge in [0.05, 0.1) is 6.54 Å². The Hall–Kier alpha value is -2.06. The van der Waals surface area contributed by atoms with Crippen molar-refractivity contribution in [3.63, 3.8) is 0 Å². The molecule has 0 amide bonds. The first-order chi connectivity index (χ1) is 10.8. The number of hydrogen-bond donors (Lipinski definition) is 2. The molecule has 114 valence electrons. The van der Waals surface area contributed by atoms with Gasteiger partial charge in [-0.05, 0) is 38.1 Å². The zero-order valence-electron chi connectivity index (χ0n) is 12.0. The zero-order chi connectivity index (χ0) is 14.9. The van der Waals surface area contributed by atoms with E-state index in [2.05, 4.69) is 30.0 Å². The SMILES string of the molecule is O=c1[nH]nc(C2CCN(Cc3nc4cccnc4s3)CC2)[nH]1. The number of rotatable bonds is 3. The fourth-order valence-corrected chi connectivity index (χ4v) is 3.86. The Morgan fingerprint density at radius 2 is 2.23 bits per heavy atom. The van der Waals surface area contributed by atoms with Crippen LogP contribution in [-0.2, 0) is 6.54 Å². The highest BCUT2D eigenvalue weighted by Gasteiger charge is 2.23. The van der Waals surface area contributed by atoms with Gasteiger partial charge in [-0.3, -0.25) is 9.88 Å². The predicted molar refractivity (Wildman–Crippen MR) is 83.9 cm³/mol. The van der Waals surface area contributed by atoms with Crippen molar-refractivity contribution in [2.24, 2.45) is 0 Å². The Morgan fingerprint density at radius 1 is 1.36 bits per heavy atom. The summed E-state index contributed by atoms with van der Waals surface area (Å²) in [6, 6.07) is 3.92. The molecule has 1 aliphatic heterocycles. The maximum absolute atomic E-state index is 11.1. The predicted octanol–water partition coefficient (Wildman–Crippen LogP) is 1.48. The number of aromatic amines is 2. The van der Waals surface area contributed by atoms with E-state index < -0.39 is 0 Å². The molecule has 0 atom stereocenters. The van der Waals surface area contributed by atoms with E-state index in [0.29, 0.717) is 5.92 Å². The number of fused-ring (bicyclic) bond motifs is 1. The summed E-state index contributed by atoms with van der Waals surface area (Å²) in [6.07, 6.45) is 3.81. The molecular weight excluding hydrogens is 300 g/mol. The highest BCUT2D eigenvalue weighted by Crippen LogP contribution is 2.27. The molecule has 0 aliphatic carbocycles. The highest BCUT2D eigenvalue weighted by molar-refractivity contribution is 7.18. The summed E-state index contributed by atoms with van der Waals surface area (Å²) >= 11 is 1.66. The van der Waals surface area contributed by atoms with Crippen molar-refractivity contribution in [2.45, 2.75) is 25.3 Å². The normalized spacial score (nSPS) is 17.3. The van der Waals surface area contributed by atoms with Crippen LogP contribution in [0.5, 0.6) is 0 Å². The van der Waals surface area contributed by atoms with Crippen molar-refractivity contribution < 1.29 is 0 Å². The summed E-state index contributed by atoms with van der Waals surface area (Å²) in [4.78, 5) is 26.3. The quantitative estimate of drug-likeness (QED) is 0.764. The molecule has 1 saturated heterocycles. The van der Waals surface area contributed by atoms with Gasteiger partial charge in [-0.1, -0.05) is 11.3 Å². The summed E-state index contributed by atoms with van der Waals surface area (Å²) in [7, 11) is 0. The molecule has 3 aromatic heterocycles. The van der Waals surface area contributed by atoms with Gasteiger partial charge in [-0.25, -0.2) is 19.9 Å². The first-order valence-corrected chi connectivity index (χ1v) is 8.17. The summed E-state index contributed by atoms with van der Waals surface area (Å²) in [5.74, 6) is 1.13. The lowest BCUT2D eigenvalue weighted by Gasteiger charge is -2.30. The third-order valence-corrected chi connectivity index (χ3v) is 5.03. The second-order valence-corrected chi connectivity index (χ2v) is 6.61. The summed E-state index contributed by atoms with van der Waals surface area (Å²) in [5, 5.41) is 7.60. The van der Waals surface area contributed by atoms with Crippen LogP contribution in [-0.4, -0.2) is 43.1 Å². The lowest BCUT2D eigenvalue weighted by atomic mass is 9.96. The van der Waals surface area contributed by atoms with Crippen molar-refractivity contribution in [3.05, 3.63) is 39.6 Å². The van der Waals surface area contributed by atoms with E-state index in [4.69, 9.17) is 0 Å². The standard InChI is InChI=1S/C14H16N6OS/c21-14-17-12(18-19-14)9-3-6-20(7-4-9)8-11-16-10-2-1-5-15-13(10)22-11/h1-2,5,9H,3-4,6-8H2,(H2,17,18,19,21). The molecule has 0 aromatic carbocycles. The van der Waals surface area contributed by atoms with Gasteiger partial charge in [0.15, 0.2) is 0 Å². The van der Waals surface area contributed by atoms with Crippen LogP contribution in [0.3, 0.4) is 0 Å². The molecule has 0 unspecified atom stereocenters. The molecular formula is C14H16N6OS. The fourth-order valence-electron chi connectivity index (χ4n) is 2.91. The first kappa shape index (κ1) is 13.6. The van der Waals surface area contributed by atoms with Crippen LogP contribution < -0.4 is 5.69 Å². The van der Waals surface area contributed by atoms with Gasteiger partial charge in [0.1, 0.15) is 21.2 Å².